The second-order valence-corrected chi connectivity index (χ2v) is 4.77. The lowest BCUT2D eigenvalue weighted by Crippen LogP contribution is -2.33. The molecule has 1 aliphatic rings. The Morgan fingerprint density at radius 1 is 1.44 bits per heavy atom. The first-order valence-electron chi connectivity index (χ1n) is 5.67. The Morgan fingerprint density at radius 3 is 2.78 bits per heavy atom. The molecule has 1 heterocycles. The Hall–Kier alpha value is -1.74. The maximum Gasteiger partial charge on any atom is 0.334 e. The average molecular weight is 264 g/mol. The van der Waals surface area contributed by atoms with Crippen LogP contribution < -0.4 is 5.32 Å². The molecule has 0 amide bonds. The maximum atomic E-state index is 11.4. The average Bonchev–Trinajstić information content (AvgIpc) is 2.27. The molecule has 2 rings (SSSR count). The van der Waals surface area contributed by atoms with Gasteiger partial charge in [0.1, 0.15) is 0 Å². The maximum absolute atomic E-state index is 11.4. The van der Waals surface area contributed by atoms with Gasteiger partial charge in [0.2, 0.25) is 0 Å². The lowest BCUT2D eigenvalue weighted by atomic mass is 9.92. The van der Waals surface area contributed by atoms with Gasteiger partial charge in [-0.3, -0.25) is 0 Å². The molecule has 4 heteroatoms. The van der Waals surface area contributed by atoms with E-state index in [1.807, 2.05) is 32.1 Å². The van der Waals surface area contributed by atoms with E-state index >= 15 is 0 Å². The van der Waals surface area contributed by atoms with Crippen molar-refractivity contribution in [2.45, 2.75) is 19.9 Å². The van der Waals surface area contributed by atoms with Crippen LogP contribution in [0, 0.1) is 0 Å². The van der Waals surface area contributed by atoms with Gasteiger partial charge >= 0.3 is 5.97 Å². The number of hydrogen-bond acceptors (Lipinski definition) is 2. The Morgan fingerprint density at radius 2 is 2.17 bits per heavy atom. The number of carboxylic acids is 1. The van der Waals surface area contributed by atoms with Crippen LogP contribution in [-0.4, -0.2) is 17.1 Å². The van der Waals surface area contributed by atoms with E-state index in [2.05, 4.69) is 5.32 Å². The second-order valence-electron chi connectivity index (χ2n) is 4.34. The highest BCUT2D eigenvalue weighted by atomic mass is 35.5. The standard InChI is InChI=1S/C14H14ClNO2/c1-8-6-12(10-4-3-5-11(15)7-10)13(14(17)18)9(2)16-8/h3-7,9,16H,1-2H3,(H,17,18). The summed E-state index contributed by atoms with van der Waals surface area (Å²) >= 11 is 5.96. The van der Waals surface area contributed by atoms with Crippen molar-refractivity contribution >= 4 is 23.1 Å². The predicted molar refractivity (Wildman–Crippen MR) is 72.4 cm³/mol. The second kappa shape index (κ2) is 4.86. The van der Waals surface area contributed by atoms with Crippen LogP contribution in [0.25, 0.3) is 5.57 Å². The third-order valence-electron chi connectivity index (χ3n) is 2.89. The molecular formula is C14H14ClNO2. The molecule has 0 spiro atoms. The van der Waals surface area contributed by atoms with E-state index in [1.165, 1.54) is 0 Å². The molecule has 1 aliphatic heterocycles. The third kappa shape index (κ3) is 2.41. The fraction of sp³-hybridized carbons (Fsp3) is 0.214. The van der Waals surface area contributed by atoms with Gasteiger partial charge in [-0.15, -0.1) is 0 Å². The molecule has 2 N–H and O–H groups in total. The van der Waals surface area contributed by atoms with Crippen LogP contribution in [0.4, 0.5) is 0 Å². The van der Waals surface area contributed by atoms with Crippen molar-refractivity contribution in [2.24, 2.45) is 0 Å². The van der Waals surface area contributed by atoms with Crippen molar-refractivity contribution in [1.82, 2.24) is 5.32 Å². The SMILES string of the molecule is CC1=CC(c2cccc(Cl)c2)=C(C(=O)O)C(C)N1. The van der Waals surface area contributed by atoms with Crippen LogP contribution in [0.1, 0.15) is 19.4 Å². The Bertz CT molecular complexity index is 561. The molecule has 18 heavy (non-hydrogen) atoms. The van der Waals surface area contributed by atoms with Crippen molar-refractivity contribution in [3.63, 3.8) is 0 Å². The molecule has 0 saturated carbocycles. The Kier molecular flexibility index (Phi) is 3.43. The van der Waals surface area contributed by atoms with Crippen LogP contribution in [0.5, 0.6) is 0 Å². The van der Waals surface area contributed by atoms with E-state index in [-0.39, 0.29) is 6.04 Å². The van der Waals surface area contributed by atoms with Crippen LogP contribution in [-0.2, 0) is 4.79 Å². The summed E-state index contributed by atoms with van der Waals surface area (Å²) in [7, 11) is 0. The zero-order valence-corrected chi connectivity index (χ0v) is 11.0. The van der Waals surface area contributed by atoms with Gasteiger partial charge < -0.3 is 10.4 Å². The Labute approximate surface area is 111 Å². The number of allylic oxidation sites excluding steroid dienone is 3. The van der Waals surface area contributed by atoms with Crippen LogP contribution in [0.15, 0.2) is 41.6 Å². The lowest BCUT2D eigenvalue weighted by Gasteiger charge is -2.24. The molecular weight excluding hydrogens is 250 g/mol. The van der Waals surface area contributed by atoms with Crippen molar-refractivity contribution in [2.75, 3.05) is 0 Å². The molecule has 0 aliphatic carbocycles. The number of nitrogens with one attached hydrogen (secondary N) is 1. The van der Waals surface area contributed by atoms with Gasteiger partial charge in [-0.1, -0.05) is 23.7 Å². The summed E-state index contributed by atoms with van der Waals surface area (Å²) in [6.45, 7) is 3.75. The zero-order valence-electron chi connectivity index (χ0n) is 10.2. The third-order valence-corrected chi connectivity index (χ3v) is 3.13. The van der Waals surface area contributed by atoms with Crippen molar-refractivity contribution in [1.29, 1.82) is 0 Å². The molecule has 1 aromatic carbocycles. The molecule has 94 valence electrons. The summed E-state index contributed by atoms with van der Waals surface area (Å²) in [4.78, 5) is 11.4. The van der Waals surface area contributed by atoms with Gasteiger partial charge in [0.15, 0.2) is 0 Å². The minimum Gasteiger partial charge on any atom is -0.478 e. The molecule has 0 fully saturated rings. The fourth-order valence-electron chi connectivity index (χ4n) is 2.18. The monoisotopic (exact) mass is 263 g/mol. The molecule has 0 radical (unpaired) electrons. The highest BCUT2D eigenvalue weighted by Crippen LogP contribution is 2.28. The number of benzene rings is 1. The molecule has 0 aromatic heterocycles. The molecule has 0 saturated heterocycles. The van der Waals surface area contributed by atoms with Crippen LogP contribution in [0.2, 0.25) is 5.02 Å². The summed E-state index contributed by atoms with van der Waals surface area (Å²) in [5, 5.41) is 13.0. The van der Waals surface area contributed by atoms with E-state index in [0.29, 0.717) is 16.2 Å². The molecule has 0 bridgehead atoms. The van der Waals surface area contributed by atoms with Gasteiger partial charge in [0.05, 0.1) is 11.6 Å². The molecule has 1 atom stereocenters. The number of rotatable bonds is 2. The van der Waals surface area contributed by atoms with Gasteiger partial charge in [0.25, 0.3) is 0 Å². The number of carboxylic acid groups (broad SMARTS) is 1. The summed E-state index contributed by atoms with van der Waals surface area (Å²) in [6, 6.07) is 7.02. The summed E-state index contributed by atoms with van der Waals surface area (Å²) in [6.07, 6.45) is 1.84. The van der Waals surface area contributed by atoms with Gasteiger partial charge in [-0.05, 0) is 43.2 Å². The van der Waals surface area contributed by atoms with E-state index in [1.54, 1.807) is 12.1 Å². The number of dihydropyridines is 1. The summed E-state index contributed by atoms with van der Waals surface area (Å²) in [5.74, 6) is -0.909. The van der Waals surface area contributed by atoms with E-state index in [9.17, 15) is 9.90 Å². The Balaban J connectivity index is 2.62. The zero-order chi connectivity index (χ0) is 13.3. The smallest absolute Gasteiger partial charge is 0.334 e. The first kappa shape index (κ1) is 12.7. The minimum absolute atomic E-state index is 0.221. The largest absolute Gasteiger partial charge is 0.478 e. The quantitative estimate of drug-likeness (QED) is 0.862. The van der Waals surface area contributed by atoms with Crippen LogP contribution in [0.3, 0.4) is 0 Å². The molecule has 1 unspecified atom stereocenters. The lowest BCUT2D eigenvalue weighted by molar-refractivity contribution is -0.132. The van der Waals surface area contributed by atoms with Gasteiger partial charge in [-0.25, -0.2) is 4.79 Å². The normalized spacial score (nSPS) is 19.3. The van der Waals surface area contributed by atoms with Gasteiger partial charge in [0, 0.05) is 10.7 Å². The molecule has 3 nitrogen and oxygen atoms in total. The predicted octanol–water partition coefficient (Wildman–Crippen LogP) is 3.07. The van der Waals surface area contributed by atoms with E-state index in [4.69, 9.17) is 11.6 Å². The number of aliphatic carboxylic acids is 1. The topological polar surface area (TPSA) is 49.3 Å². The van der Waals surface area contributed by atoms with Crippen molar-refractivity contribution in [3.05, 3.63) is 52.2 Å². The van der Waals surface area contributed by atoms with Crippen molar-refractivity contribution in [3.8, 4) is 0 Å². The fourth-order valence-corrected chi connectivity index (χ4v) is 2.37. The van der Waals surface area contributed by atoms with E-state index < -0.39 is 5.97 Å². The number of carbonyl (C=O) groups is 1. The summed E-state index contributed by atoms with van der Waals surface area (Å²) in [5.41, 5.74) is 2.85. The van der Waals surface area contributed by atoms with Crippen molar-refractivity contribution < 1.29 is 9.90 Å². The van der Waals surface area contributed by atoms with Crippen LogP contribution >= 0.6 is 11.6 Å². The first-order valence-corrected chi connectivity index (χ1v) is 6.05. The minimum atomic E-state index is -0.909. The van der Waals surface area contributed by atoms with Gasteiger partial charge in [-0.2, -0.15) is 0 Å². The highest BCUT2D eigenvalue weighted by Gasteiger charge is 2.24. The van der Waals surface area contributed by atoms with E-state index in [0.717, 1.165) is 11.3 Å². The first-order chi connectivity index (χ1) is 8.49. The molecule has 1 aromatic rings. The number of halogens is 1. The number of hydrogen-bond donors (Lipinski definition) is 2. The summed E-state index contributed by atoms with van der Waals surface area (Å²) < 4.78 is 0. The highest BCUT2D eigenvalue weighted by molar-refractivity contribution is 6.30.